The van der Waals surface area contributed by atoms with Crippen molar-refractivity contribution in [2.75, 3.05) is 29.9 Å². The van der Waals surface area contributed by atoms with Crippen LogP contribution in [0.1, 0.15) is 24.8 Å². The average molecular weight is 452 g/mol. The van der Waals surface area contributed by atoms with Gasteiger partial charge in [-0.15, -0.1) is 0 Å². The summed E-state index contributed by atoms with van der Waals surface area (Å²) in [7, 11) is 0. The lowest BCUT2D eigenvalue weighted by Gasteiger charge is -2.36. The molecule has 1 aromatic carbocycles. The van der Waals surface area contributed by atoms with Crippen LogP contribution in [0.3, 0.4) is 0 Å². The molecule has 3 aliphatic rings. The molecule has 3 aromatic heterocycles. The van der Waals surface area contributed by atoms with Gasteiger partial charge in [0.25, 0.3) is 0 Å². The molecular formula is C27H29N7. The van der Waals surface area contributed by atoms with Crippen molar-refractivity contribution >= 4 is 28.4 Å². The Kier molecular flexibility index (Phi) is 4.58. The first-order chi connectivity index (χ1) is 16.7. The van der Waals surface area contributed by atoms with Crippen LogP contribution in [0.15, 0.2) is 55.0 Å². The molecule has 2 atom stereocenters. The van der Waals surface area contributed by atoms with E-state index in [1.165, 1.54) is 43.6 Å². The number of fused-ring (bicyclic) bond motifs is 3. The number of H-pyrrole nitrogens is 1. The fraction of sp³-hybridized carbons (Fsp3) is 0.370. The number of likely N-dealkylation sites (tertiary alicyclic amines) is 1. The summed E-state index contributed by atoms with van der Waals surface area (Å²) in [6.07, 6.45) is 9.74. The molecule has 2 saturated heterocycles. The highest BCUT2D eigenvalue weighted by atomic mass is 15.4. The van der Waals surface area contributed by atoms with Gasteiger partial charge in [-0.2, -0.15) is 0 Å². The maximum atomic E-state index is 4.74. The molecule has 2 N–H and O–H groups in total. The van der Waals surface area contributed by atoms with Gasteiger partial charge in [0, 0.05) is 72.6 Å². The quantitative estimate of drug-likeness (QED) is 0.441. The molecule has 34 heavy (non-hydrogen) atoms. The van der Waals surface area contributed by atoms with E-state index in [2.05, 4.69) is 61.3 Å². The second-order valence-electron chi connectivity index (χ2n) is 10.1. The lowest BCUT2D eigenvalue weighted by Crippen LogP contribution is -2.47. The zero-order valence-corrected chi connectivity index (χ0v) is 19.4. The highest BCUT2D eigenvalue weighted by Gasteiger charge is 2.44. The standard InChI is InChI=1S/C27H29N7/c1-17-10-21(4-5-25(17)34-16-22-12-23(34)15-33(22)14-18-2-3-18)31-27-29-9-7-24(32-27)20-11-19-6-8-28-26(19)30-13-20/h4-11,13,18,22-23H,2-3,12,14-16H2,1H3,(H,28,30)(H,29,31,32). The first kappa shape index (κ1) is 20.0. The summed E-state index contributed by atoms with van der Waals surface area (Å²) in [6, 6.07) is 14.1. The Morgan fingerprint density at radius 2 is 2.00 bits per heavy atom. The number of rotatable bonds is 6. The van der Waals surface area contributed by atoms with Crippen LogP contribution >= 0.6 is 0 Å². The second kappa shape index (κ2) is 7.81. The highest BCUT2D eigenvalue weighted by molar-refractivity contribution is 5.80. The SMILES string of the molecule is Cc1cc(Nc2nccc(-c3cnc4[nH]ccc4c3)n2)ccc1N1CC2CC1CN2CC1CC1. The van der Waals surface area contributed by atoms with Crippen LogP contribution in [0.25, 0.3) is 22.3 Å². The van der Waals surface area contributed by atoms with E-state index in [0.29, 0.717) is 12.0 Å². The minimum atomic E-state index is 0.592. The summed E-state index contributed by atoms with van der Waals surface area (Å²) in [6.45, 7) is 5.93. The zero-order valence-electron chi connectivity index (χ0n) is 19.4. The van der Waals surface area contributed by atoms with Gasteiger partial charge < -0.3 is 15.2 Å². The molecule has 7 heteroatoms. The Balaban J connectivity index is 1.07. The molecule has 0 spiro atoms. The van der Waals surface area contributed by atoms with E-state index in [-0.39, 0.29) is 0 Å². The molecule has 1 saturated carbocycles. The summed E-state index contributed by atoms with van der Waals surface area (Å²) < 4.78 is 0. The van der Waals surface area contributed by atoms with Crippen LogP contribution in [0.4, 0.5) is 17.3 Å². The lowest BCUT2D eigenvalue weighted by atomic mass is 10.1. The van der Waals surface area contributed by atoms with Crippen molar-refractivity contribution in [3.63, 3.8) is 0 Å². The van der Waals surface area contributed by atoms with Gasteiger partial charge >= 0.3 is 0 Å². The smallest absolute Gasteiger partial charge is 0.227 e. The Labute approximate surface area is 199 Å². The van der Waals surface area contributed by atoms with Gasteiger partial charge in [0.05, 0.1) is 5.69 Å². The third-order valence-electron chi connectivity index (χ3n) is 7.66. The zero-order chi connectivity index (χ0) is 22.6. The number of hydrogen-bond acceptors (Lipinski definition) is 6. The Bertz CT molecular complexity index is 1360. The second-order valence-corrected chi connectivity index (χ2v) is 10.1. The van der Waals surface area contributed by atoms with Gasteiger partial charge in [0.15, 0.2) is 0 Å². The third-order valence-corrected chi connectivity index (χ3v) is 7.66. The molecule has 2 unspecified atom stereocenters. The van der Waals surface area contributed by atoms with Gasteiger partial charge in [0.2, 0.25) is 5.95 Å². The van der Waals surface area contributed by atoms with Crippen molar-refractivity contribution in [3.05, 3.63) is 60.6 Å². The summed E-state index contributed by atoms with van der Waals surface area (Å²) in [5.74, 6) is 1.57. The molecular weight excluding hydrogens is 422 g/mol. The first-order valence-corrected chi connectivity index (χ1v) is 12.3. The molecule has 2 bridgehead atoms. The molecule has 3 fully saturated rings. The number of benzene rings is 1. The van der Waals surface area contributed by atoms with Crippen LogP contribution < -0.4 is 10.2 Å². The third kappa shape index (κ3) is 3.60. The van der Waals surface area contributed by atoms with Crippen molar-refractivity contribution in [1.82, 2.24) is 24.8 Å². The summed E-state index contributed by atoms with van der Waals surface area (Å²) in [5.41, 5.74) is 6.38. The maximum Gasteiger partial charge on any atom is 0.227 e. The number of pyridine rings is 1. The first-order valence-electron chi connectivity index (χ1n) is 12.3. The van der Waals surface area contributed by atoms with Gasteiger partial charge in [-0.1, -0.05) is 0 Å². The monoisotopic (exact) mass is 451 g/mol. The summed E-state index contributed by atoms with van der Waals surface area (Å²) in [4.78, 5) is 22.2. The van der Waals surface area contributed by atoms with E-state index >= 15 is 0 Å². The number of piperazine rings is 1. The van der Waals surface area contributed by atoms with Crippen LogP contribution in [-0.2, 0) is 0 Å². The predicted octanol–water partition coefficient (Wildman–Crippen LogP) is 4.74. The van der Waals surface area contributed by atoms with Crippen LogP contribution in [-0.4, -0.2) is 56.6 Å². The van der Waals surface area contributed by atoms with Crippen molar-refractivity contribution in [3.8, 4) is 11.3 Å². The van der Waals surface area contributed by atoms with Crippen LogP contribution in [0, 0.1) is 12.8 Å². The number of aromatic amines is 1. The van der Waals surface area contributed by atoms with E-state index in [1.807, 2.05) is 24.5 Å². The Morgan fingerprint density at radius 1 is 1.06 bits per heavy atom. The van der Waals surface area contributed by atoms with E-state index in [4.69, 9.17) is 4.98 Å². The topological polar surface area (TPSA) is 73.0 Å². The van der Waals surface area contributed by atoms with Gasteiger partial charge in [-0.3, -0.25) is 4.90 Å². The molecule has 2 aliphatic heterocycles. The van der Waals surface area contributed by atoms with Crippen molar-refractivity contribution < 1.29 is 0 Å². The molecule has 5 heterocycles. The van der Waals surface area contributed by atoms with Gasteiger partial charge in [0.1, 0.15) is 5.65 Å². The maximum absolute atomic E-state index is 4.74. The Morgan fingerprint density at radius 3 is 2.82 bits per heavy atom. The van der Waals surface area contributed by atoms with Crippen molar-refractivity contribution in [2.45, 2.75) is 38.3 Å². The number of nitrogens with zero attached hydrogens (tertiary/aromatic N) is 5. The summed E-state index contributed by atoms with van der Waals surface area (Å²) in [5, 5.41) is 4.47. The minimum Gasteiger partial charge on any atom is -0.365 e. The van der Waals surface area contributed by atoms with Gasteiger partial charge in [-0.25, -0.2) is 15.0 Å². The molecule has 7 rings (SSSR count). The molecule has 4 aromatic rings. The molecule has 7 nitrogen and oxygen atoms in total. The molecule has 0 amide bonds. The van der Waals surface area contributed by atoms with Crippen molar-refractivity contribution in [1.29, 1.82) is 0 Å². The fourth-order valence-electron chi connectivity index (χ4n) is 5.74. The van der Waals surface area contributed by atoms with E-state index in [9.17, 15) is 0 Å². The molecule has 1 aliphatic carbocycles. The van der Waals surface area contributed by atoms with Crippen LogP contribution in [0.2, 0.25) is 0 Å². The molecule has 172 valence electrons. The largest absolute Gasteiger partial charge is 0.365 e. The highest BCUT2D eigenvalue weighted by Crippen LogP contribution is 2.39. The molecule has 0 radical (unpaired) electrons. The van der Waals surface area contributed by atoms with Crippen LogP contribution in [0.5, 0.6) is 0 Å². The van der Waals surface area contributed by atoms with E-state index in [1.54, 1.807) is 6.20 Å². The predicted molar refractivity (Wildman–Crippen MR) is 135 cm³/mol. The minimum absolute atomic E-state index is 0.592. The lowest BCUT2D eigenvalue weighted by molar-refractivity contribution is 0.229. The number of nitrogens with one attached hydrogen (secondary N) is 2. The number of aromatic nitrogens is 4. The summed E-state index contributed by atoms with van der Waals surface area (Å²) >= 11 is 0. The normalized spacial score (nSPS) is 22.1. The number of anilines is 3. The fourth-order valence-corrected chi connectivity index (χ4v) is 5.74. The van der Waals surface area contributed by atoms with E-state index < -0.39 is 0 Å². The number of aryl methyl sites for hydroxylation is 1. The van der Waals surface area contributed by atoms with Gasteiger partial charge in [-0.05, 0) is 74.1 Å². The van der Waals surface area contributed by atoms with Crippen molar-refractivity contribution in [2.24, 2.45) is 5.92 Å². The Hall–Kier alpha value is -3.45. The number of hydrogen-bond donors (Lipinski definition) is 2. The van der Waals surface area contributed by atoms with E-state index in [0.717, 1.165) is 46.5 Å². The average Bonchev–Trinajstić information content (AvgIpc) is 3.22.